The van der Waals surface area contributed by atoms with E-state index in [0.717, 1.165) is 40.4 Å². The molecule has 0 saturated carbocycles. The van der Waals surface area contributed by atoms with Gasteiger partial charge < -0.3 is 0 Å². The fourth-order valence-electron chi connectivity index (χ4n) is 3.54. The molecule has 0 spiro atoms. The zero-order chi connectivity index (χ0) is 20.9. The van der Waals surface area contributed by atoms with E-state index in [-0.39, 0.29) is 0 Å². The number of hydrogen-bond acceptors (Lipinski definition) is 3. The summed E-state index contributed by atoms with van der Waals surface area (Å²) in [6.45, 7) is 0.843. The third-order valence-electron chi connectivity index (χ3n) is 5.11. The molecule has 0 fully saturated rings. The van der Waals surface area contributed by atoms with E-state index in [1.165, 1.54) is 5.56 Å². The lowest BCUT2D eigenvalue weighted by atomic mass is 10.0. The van der Waals surface area contributed by atoms with Crippen LogP contribution in [0.4, 0.5) is 0 Å². The third kappa shape index (κ3) is 4.38. The van der Waals surface area contributed by atoms with E-state index in [4.69, 9.17) is 4.98 Å². The molecule has 0 aliphatic heterocycles. The Hall–Kier alpha value is -4.18. The smallest absolute Gasteiger partial charge is 0.173 e. The number of rotatable bonds is 5. The molecule has 0 saturated heterocycles. The molecular weight excluding hydrogens is 380 g/mol. The van der Waals surface area contributed by atoms with E-state index in [1.54, 1.807) is 12.4 Å². The van der Waals surface area contributed by atoms with E-state index in [1.807, 2.05) is 54.6 Å². The van der Waals surface area contributed by atoms with Gasteiger partial charge in [-0.3, -0.25) is 9.97 Å². The molecule has 0 amide bonds. The second-order valence-corrected chi connectivity index (χ2v) is 7.30. The highest BCUT2D eigenvalue weighted by Crippen LogP contribution is 2.29. The molecule has 0 radical (unpaired) electrons. The molecule has 0 N–H and O–H groups in total. The maximum absolute atomic E-state index is 4.84. The zero-order valence-electron chi connectivity index (χ0n) is 17.0. The quantitative estimate of drug-likeness (QED) is 0.380. The van der Waals surface area contributed by atoms with Crippen LogP contribution in [0.15, 0.2) is 116 Å². The van der Waals surface area contributed by atoms with Gasteiger partial charge in [0, 0.05) is 30.1 Å². The van der Waals surface area contributed by atoms with Crippen LogP contribution in [0.5, 0.6) is 0 Å². The maximum atomic E-state index is 4.84. The van der Waals surface area contributed by atoms with Crippen LogP contribution < -0.4 is 4.57 Å². The highest BCUT2D eigenvalue weighted by Gasteiger charge is 2.11. The molecule has 1 aromatic carbocycles. The van der Waals surface area contributed by atoms with Crippen molar-refractivity contribution < 1.29 is 4.57 Å². The monoisotopic (exact) mass is 401 g/mol. The van der Waals surface area contributed by atoms with Gasteiger partial charge in [0.05, 0.1) is 22.8 Å². The van der Waals surface area contributed by atoms with Gasteiger partial charge in [-0.15, -0.1) is 0 Å². The minimum atomic E-state index is 0.836. The molecule has 0 aliphatic rings. The van der Waals surface area contributed by atoms with Crippen LogP contribution in [-0.4, -0.2) is 15.0 Å². The van der Waals surface area contributed by atoms with Gasteiger partial charge in [0.25, 0.3) is 0 Å². The number of aromatic nitrogens is 4. The highest BCUT2D eigenvalue weighted by molar-refractivity contribution is 5.74. The summed E-state index contributed by atoms with van der Waals surface area (Å²) in [6, 6.07) is 30.7. The molecule has 4 heteroatoms. The molecular formula is C27H21N4+. The molecule has 0 atom stereocenters. The Morgan fingerprint density at radius 3 is 1.71 bits per heavy atom. The van der Waals surface area contributed by atoms with Gasteiger partial charge in [-0.2, -0.15) is 0 Å². The highest BCUT2D eigenvalue weighted by atomic mass is 14.9. The molecule has 148 valence electrons. The topological polar surface area (TPSA) is 42.5 Å². The average molecular weight is 401 g/mol. The summed E-state index contributed by atoms with van der Waals surface area (Å²) >= 11 is 0. The molecule has 5 rings (SSSR count). The van der Waals surface area contributed by atoms with Crippen LogP contribution in [0.3, 0.4) is 0 Å². The Balaban J connectivity index is 1.53. The van der Waals surface area contributed by atoms with Gasteiger partial charge in [-0.1, -0.05) is 42.5 Å². The van der Waals surface area contributed by atoms with Crippen LogP contribution in [0, 0.1) is 0 Å². The fourth-order valence-corrected chi connectivity index (χ4v) is 3.54. The first-order chi connectivity index (χ1) is 15.3. The van der Waals surface area contributed by atoms with Crippen molar-refractivity contribution in [3.63, 3.8) is 0 Å². The minimum Gasteiger partial charge on any atom is -0.255 e. The summed E-state index contributed by atoms with van der Waals surface area (Å²) in [6.07, 6.45) is 7.74. The summed E-state index contributed by atoms with van der Waals surface area (Å²) < 4.78 is 2.17. The standard InChI is InChI=1S/C27H21N4/c1-6-16-31(17-7-1)20-21-10-12-22(13-11-21)23-18-26(24-8-2-4-14-28-24)30-27(19-23)25-9-3-5-15-29-25/h1-19H,20H2/q+1. The van der Waals surface area contributed by atoms with Gasteiger partial charge in [0.15, 0.2) is 18.9 Å². The Labute approximate surface area is 181 Å². The van der Waals surface area contributed by atoms with E-state index in [9.17, 15) is 0 Å². The average Bonchev–Trinajstić information content (AvgIpc) is 2.86. The second kappa shape index (κ2) is 8.67. The third-order valence-corrected chi connectivity index (χ3v) is 5.11. The zero-order valence-corrected chi connectivity index (χ0v) is 17.0. The largest absolute Gasteiger partial charge is 0.255 e. The van der Waals surface area contributed by atoms with Crippen LogP contribution in [0.25, 0.3) is 33.9 Å². The first kappa shape index (κ1) is 18.8. The van der Waals surface area contributed by atoms with Crippen molar-refractivity contribution in [1.29, 1.82) is 0 Å². The Bertz CT molecular complexity index is 1210. The molecule has 5 aromatic rings. The molecule has 31 heavy (non-hydrogen) atoms. The number of benzene rings is 1. The molecule has 0 unspecified atom stereocenters. The fraction of sp³-hybridized carbons (Fsp3) is 0.0370. The molecule has 0 bridgehead atoms. The van der Waals surface area contributed by atoms with E-state index in [2.05, 4.69) is 63.3 Å². The van der Waals surface area contributed by atoms with Crippen molar-refractivity contribution in [2.75, 3.05) is 0 Å². The Morgan fingerprint density at radius 2 is 1.16 bits per heavy atom. The predicted molar refractivity (Wildman–Crippen MR) is 122 cm³/mol. The van der Waals surface area contributed by atoms with Crippen molar-refractivity contribution in [2.24, 2.45) is 0 Å². The summed E-state index contributed by atoms with van der Waals surface area (Å²) in [5, 5.41) is 0. The van der Waals surface area contributed by atoms with Gasteiger partial charge in [0.1, 0.15) is 0 Å². The van der Waals surface area contributed by atoms with Crippen molar-refractivity contribution >= 4 is 0 Å². The lowest BCUT2D eigenvalue weighted by molar-refractivity contribution is -0.688. The number of pyridine rings is 4. The van der Waals surface area contributed by atoms with Crippen molar-refractivity contribution in [3.05, 3.63) is 121 Å². The number of hydrogen-bond donors (Lipinski definition) is 0. The van der Waals surface area contributed by atoms with Gasteiger partial charge in [0.2, 0.25) is 0 Å². The lowest BCUT2D eigenvalue weighted by Gasteiger charge is -2.10. The molecule has 0 aliphatic carbocycles. The van der Waals surface area contributed by atoms with Crippen LogP contribution >= 0.6 is 0 Å². The SMILES string of the molecule is c1cc[n+](Cc2ccc(-c3cc(-c4ccccn4)nc(-c4ccccn4)c3)cc2)cc1. The lowest BCUT2D eigenvalue weighted by Crippen LogP contribution is -2.32. The van der Waals surface area contributed by atoms with Crippen molar-refractivity contribution in [2.45, 2.75) is 6.54 Å². The second-order valence-electron chi connectivity index (χ2n) is 7.30. The molecule has 4 aromatic heterocycles. The summed E-state index contributed by atoms with van der Waals surface area (Å²) in [5.74, 6) is 0. The molecule has 4 nitrogen and oxygen atoms in total. The van der Waals surface area contributed by atoms with Crippen LogP contribution in [-0.2, 0) is 6.54 Å². The van der Waals surface area contributed by atoms with Crippen molar-refractivity contribution in [1.82, 2.24) is 15.0 Å². The van der Waals surface area contributed by atoms with E-state index < -0.39 is 0 Å². The molecule has 4 heterocycles. The Morgan fingerprint density at radius 1 is 0.548 bits per heavy atom. The maximum Gasteiger partial charge on any atom is 0.173 e. The van der Waals surface area contributed by atoms with E-state index >= 15 is 0 Å². The van der Waals surface area contributed by atoms with Gasteiger partial charge in [-0.25, -0.2) is 9.55 Å². The summed E-state index contributed by atoms with van der Waals surface area (Å²) in [7, 11) is 0. The first-order valence-electron chi connectivity index (χ1n) is 10.2. The van der Waals surface area contributed by atoms with Crippen LogP contribution in [0.2, 0.25) is 0 Å². The summed E-state index contributed by atoms with van der Waals surface area (Å²) in [4.78, 5) is 13.8. The van der Waals surface area contributed by atoms with Crippen LogP contribution in [0.1, 0.15) is 5.56 Å². The van der Waals surface area contributed by atoms with Crippen molar-refractivity contribution in [3.8, 4) is 33.9 Å². The summed E-state index contributed by atoms with van der Waals surface area (Å²) in [5.41, 5.74) is 6.85. The van der Waals surface area contributed by atoms with Gasteiger partial charge in [-0.05, 0) is 47.5 Å². The van der Waals surface area contributed by atoms with Gasteiger partial charge >= 0.3 is 0 Å². The minimum absolute atomic E-state index is 0.836. The number of nitrogens with zero attached hydrogens (tertiary/aromatic N) is 4. The normalized spacial score (nSPS) is 10.7. The predicted octanol–water partition coefficient (Wildman–Crippen LogP) is 5.21. The van der Waals surface area contributed by atoms with E-state index in [0.29, 0.717) is 0 Å². The first-order valence-corrected chi connectivity index (χ1v) is 10.2. The Kier molecular flexibility index (Phi) is 5.27.